The van der Waals surface area contributed by atoms with Crippen LogP contribution in [0.2, 0.25) is 0 Å². The monoisotopic (exact) mass is 781 g/mol. The highest BCUT2D eigenvalue weighted by Gasteiger charge is 2.35. The predicted molar refractivity (Wildman–Crippen MR) is 223 cm³/mol. The molecule has 0 saturated carbocycles. The molecule has 1 heterocycles. The van der Waals surface area contributed by atoms with Crippen molar-refractivity contribution in [1.82, 2.24) is 0 Å². The van der Waals surface area contributed by atoms with Crippen molar-refractivity contribution < 1.29 is 42.0 Å². The summed E-state index contributed by atoms with van der Waals surface area (Å²) in [5.74, 6) is -0.392. The van der Waals surface area contributed by atoms with Gasteiger partial charge in [0.15, 0.2) is 0 Å². The number of hydrogen-bond donors (Lipinski definition) is 1. The average molecular weight is 781 g/mol. The van der Waals surface area contributed by atoms with Crippen molar-refractivity contribution in [3.8, 4) is 0 Å². The Hall–Kier alpha value is -1.84. The number of rotatable bonds is 37. The maximum absolute atomic E-state index is 12.7. The second kappa shape index (κ2) is 33.3. The molecule has 0 aromatic heterocycles. The van der Waals surface area contributed by atoms with Crippen LogP contribution in [-0.4, -0.2) is 87.8 Å². The Balaban J connectivity index is 2.33. The summed E-state index contributed by atoms with van der Waals surface area (Å²) in [7, 11) is 1.60. The zero-order chi connectivity index (χ0) is 39.6. The lowest BCUT2D eigenvalue weighted by Gasteiger charge is -2.24. The van der Waals surface area contributed by atoms with Gasteiger partial charge in [0.25, 0.3) is 0 Å². The van der Waals surface area contributed by atoms with Crippen LogP contribution in [0.3, 0.4) is 0 Å². The quantitative estimate of drug-likeness (QED) is 0.0126. The molecule has 0 radical (unpaired) electrons. The van der Waals surface area contributed by atoms with Gasteiger partial charge < -0.3 is 23.6 Å². The smallest absolute Gasteiger partial charge is 0.457 e. The Morgan fingerprint density at radius 2 is 1.31 bits per heavy atom. The van der Waals surface area contributed by atoms with Gasteiger partial charge in [0.05, 0.1) is 40.5 Å². The van der Waals surface area contributed by atoms with Gasteiger partial charge in [0.1, 0.15) is 25.4 Å². The first-order valence-electron chi connectivity index (χ1n) is 21.2. The molecule has 1 rings (SSSR count). The summed E-state index contributed by atoms with van der Waals surface area (Å²) in [5.41, 5.74) is 0. The topological polar surface area (TPSA) is 104 Å². The van der Waals surface area contributed by atoms with Gasteiger partial charge in [-0.2, -0.15) is 0 Å². The van der Waals surface area contributed by atoms with E-state index >= 15 is 0 Å². The number of likely N-dealkylation sites (N-methyl/N-ethyl adjacent to an activating group) is 1. The number of esters is 1. The zero-order valence-electron chi connectivity index (χ0n) is 34.9. The lowest BCUT2D eigenvalue weighted by molar-refractivity contribution is -0.870. The summed E-state index contributed by atoms with van der Waals surface area (Å²) in [6, 6.07) is 0. The summed E-state index contributed by atoms with van der Waals surface area (Å²) < 4.78 is 40.7. The minimum atomic E-state index is -4.30. The lowest BCUT2D eigenvalue weighted by Crippen LogP contribution is -2.37. The number of unbranched alkanes of at least 4 members (excludes halogenated alkanes) is 13. The third-order valence-corrected chi connectivity index (χ3v) is 10.0. The highest BCUT2D eigenvalue weighted by molar-refractivity contribution is 7.47. The fourth-order valence-electron chi connectivity index (χ4n) is 5.70. The second-order valence-electron chi connectivity index (χ2n) is 15.4. The molecule has 1 saturated heterocycles. The first-order valence-corrected chi connectivity index (χ1v) is 22.7. The number of epoxide rings is 1. The van der Waals surface area contributed by atoms with Crippen molar-refractivity contribution in [2.24, 2.45) is 0 Å². The van der Waals surface area contributed by atoms with Gasteiger partial charge in [-0.15, -0.1) is 0 Å². The van der Waals surface area contributed by atoms with Gasteiger partial charge in [0, 0.05) is 13.0 Å². The Morgan fingerprint density at radius 1 is 0.722 bits per heavy atom. The Bertz CT molecular complexity index is 1110. The molecule has 312 valence electrons. The van der Waals surface area contributed by atoms with Gasteiger partial charge in [-0.3, -0.25) is 13.8 Å². The van der Waals surface area contributed by atoms with Crippen LogP contribution in [0.1, 0.15) is 142 Å². The van der Waals surface area contributed by atoms with Crippen LogP contribution < -0.4 is 0 Å². The van der Waals surface area contributed by atoms with Crippen molar-refractivity contribution >= 4 is 13.8 Å². The Labute approximate surface area is 330 Å². The average Bonchev–Trinajstić information content (AvgIpc) is 3.87. The maximum atomic E-state index is 12.7. The van der Waals surface area contributed by atoms with Crippen molar-refractivity contribution in [1.29, 1.82) is 0 Å². The van der Waals surface area contributed by atoms with Crippen LogP contribution in [0.25, 0.3) is 0 Å². The van der Waals surface area contributed by atoms with E-state index in [1.54, 1.807) is 0 Å². The number of hydrogen-bond acceptors (Lipinski definition) is 7. The van der Waals surface area contributed by atoms with Crippen LogP contribution in [0.15, 0.2) is 60.8 Å². The number of nitrogens with zero attached hydrogens (tertiary/aromatic N) is 1. The molecular formula is C44H79NO8P+. The Kier molecular flexibility index (Phi) is 31.0. The molecule has 1 aliphatic heterocycles. The van der Waals surface area contributed by atoms with Crippen molar-refractivity contribution in [3.63, 3.8) is 0 Å². The van der Waals surface area contributed by atoms with Crippen molar-refractivity contribution in [2.45, 2.75) is 161 Å². The van der Waals surface area contributed by atoms with E-state index in [1.807, 2.05) is 51.5 Å². The number of quaternary nitrogens is 1. The largest absolute Gasteiger partial charge is 0.472 e. The highest BCUT2D eigenvalue weighted by Crippen LogP contribution is 2.43. The molecule has 10 heteroatoms. The van der Waals surface area contributed by atoms with Gasteiger partial charge >= 0.3 is 13.8 Å². The molecule has 54 heavy (non-hydrogen) atoms. The van der Waals surface area contributed by atoms with Crippen molar-refractivity contribution in [2.75, 3.05) is 54.1 Å². The molecule has 0 bridgehead atoms. The third kappa shape index (κ3) is 33.5. The number of carbonyl (C=O) groups is 1. The summed E-state index contributed by atoms with van der Waals surface area (Å²) in [4.78, 5) is 22.9. The summed E-state index contributed by atoms with van der Waals surface area (Å²) in [6.07, 6.45) is 42.8. The summed E-state index contributed by atoms with van der Waals surface area (Å²) in [5, 5.41) is 0. The number of phosphoric ester groups is 1. The van der Waals surface area contributed by atoms with Crippen molar-refractivity contribution in [3.05, 3.63) is 60.8 Å². The Morgan fingerprint density at radius 3 is 1.94 bits per heavy atom. The van der Waals surface area contributed by atoms with E-state index in [1.165, 1.54) is 77.0 Å². The molecule has 1 fully saturated rings. The zero-order valence-corrected chi connectivity index (χ0v) is 35.8. The van der Waals surface area contributed by atoms with Gasteiger partial charge in [-0.05, 0) is 38.5 Å². The highest BCUT2D eigenvalue weighted by atomic mass is 31.2. The fraction of sp³-hybridized carbons (Fsp3) is 0.750. The first-order chi connectivity index (χ1) is 26.1. The first kappa shape index (κ1) is 50.2. The standard InChI is InChI=1S/C44H78NO8P/c1-6-8-10-12-14-16-18-20-21-23-25-27-29-31-37-49-39-41(40-51-54(47,48)50-38-36-45(3,4)5)52-44(46)35-32-34-43-42(53-43)33-30-28-26-24-22-19-17-15-13-11-9-7-2/h9,11,15,17,22,24,26,28,30,33,41-43H,6-8,10,12-14,16,18-21,23,25,27,29,31-32,34-40H2,1-5H3/p+1/b11-9-,17-15-,24-22-,28-26+,33-30+. The molecule has 0 aromatic carbocycles. The SMILES string of the molecule is CC/C=C\C/C=C\C\C=C/C=C/C=C/C1OC1CCCC(=O)OC(COCCCCCCCCCCCCCCCC)COP(=O)(O)OCC[N+](C)(C)C. The lowest BCUT2D eigenvalue weighted by atomic mass is 10.0. The minimum Gasteiger partial charge on any atom is -0.457 e. The number of ether oxygens (including phenoxy) is 3. The van der Waals surface area contributed by atoms with E-state index in [9.17, 15) is 14.3 Å². The maximum Gasteiger partial charge on any atom is 0.472 e. The number of carbonyl (C=O) groups excluding carboxylic acids is 1. The minimum absolute atomic E-state index is 0.0639. The predicted octanol–water partition coefficient (Wildman–Crippen LogP) is 11.1. The van der Waals surface area contributed by atoms with E-state index in [-0.39, 0.29) is 38.4 Å². The third-order valence-electron chi connectivity index (χ3n) is 9.06. The molecule has 0 amide bonds. The van der Waals surface area contributed by atoms with Crippen LogP contribution >= 0.6 is 7.82 Å². The molecule has 1 aliphatic rings. The van der Waals surface area contributed by atoms with Gasteiger partial charge in [0.2, 0.25) is 0 Å². The van der Waals surface area contributed by atoms with Gasteiger partial charge in [-0.1, -0.05) is 158 Å². The van der Waals surface area contributed by atoms with Crippen LogP contribution in [0.5, 0.6) is 0 Å². The molecule has 0 aromatic rings. The van der Waals surface area contributed by atoms with Crippen LogP contribution in [0.4, 0.5) is 0 Å². The second-order valence-corrected chi connectivity index (χ2v) is 16.9. The summed E-state index contributed by atoms with van der Waals surface area (Å²) in [6.45, 7) is 5.36. The molecule has 0 spiro atoms. The molecule has 9 nitrogen and oxygen atoms in total. The van der Waals surface area contributed by atoms with Crippen LogP contribution in [0, 0.1) is 0 Å². The normalized spacial score (nSPS) is 18.2. The molecule has 0 aliphatic carbocycles. The molecule has 4 atom stereocenters. The van der Waals surface area contributed by atoms with E-state index < -0.39 is 19.9 Å². The van der Waals surface area contributed by atoms with E-state index in [0.29, 0.717) is 24.1 Å². The fourth-order valence-corrected chi connectivity index (χ4v) is 6.44. The number of phosphoric acid groups is 1. The number of allylic oxidation sites excluding steroid dienone is 9. The van der Waals surface area contributed by atoms with Gasteiger partial charge in [-0.25, -0.2) is 4.57 Å². The molecule has 1 N–H and O–H groups in total. The summed E-state index contributed by atoms with van der Waals surface area (Å²) >= 11 is 0. The molecular weight excluding hydrogens is 701 g/mol. The van der Waals surface area contributed by atoms with E-state index in [4.69, 9.17) is 23.3 Å². The van der Waals surface area contributed by atoms with E-state index in [2.05, 4.69) is 44.2 Å². The molecule has 4 unspecified atom stereocenters. The van der Waals surface area contributed by atoms with Crippen LogP contribution in [-0.2, 0) is 32.6 Å². The van der Waals surface area contributed by atoms with E-state index in [0.717, 1.165) is 38.5 Å².